The molecule has 12 heavy (non-hydrogen) atoms. The van der Waals surface area contributed by atoms with Crippen LogP contribution in [0.4, 0.5) is 0 Å². The van der Waals surface area contributed by atoms with E-state index in [4.69, 9.17) is 0 Å². The lowest BCUT2D eigenvalue weighted by atomic mass is 10.5. The minimum Gasteiger partial charge on any atom is -0.131 e. The molecule has 0 heterocycles. The molecule has 0 bridgehead atoms. The lowest BCUT2D eigenvalue weighted by molar-refractivity contribution is 1.20. The van der Waals surface area contributed by atoms with Crippen molar-refractivity contribution in [2.45, 2.75) is 45.3 Å². The summed E-state index contributed by atoms with van der Waals surface area (Å²) in [6.07, 6.45) is 2.74. The number of hydrogen-bond acceptors (Lipinski definition) is 0. The zero-order valence-corrected chi connectivity index (χ0v) is 9.61. The van der Waals surface area contributed by atoms with E-state index in [9.17, 15) is 0 Å². The molecule has 0 atom stereocenters. The number of hydrogen-bond donors (Lipinski definition) is 0. The molecule has 0 aliphatic rings. The predicted octanol–water partition coefficient (Wildman–Crippen LogP) is 3.61. The van der Waals surface area contributed by atoms with Gasteiger partial charge in [0.25, 0.3) is 0 Å². The molecule has 0 radical (unpaired) electrons. The summed E-state index contributed by atoms with van der Waals surface area (Å²) in [6, 6.07) is 3.89. The zero-order valence-electron chi connectivity index (χ0n) is 8.61. The Balaban J connectivity index is 4.31. The van der Waals surface area contributed by atoms with E-state index in [1.165, 1.54) is 18.1 Å². The molecule has 1 heteroatoms. The van der Waals surface area contributed by atoms with Crippen molar-refractivity contribution in [1.29, 1.82) is 0 Å². The normalized spacial score (nSPS) is 10.2. The first-order valence-corrected chi connectivity index (χ1v) is 7.47. The molecule has 68 valence electrons. The summed E-state index contributed by atoms with van der Waals surface area (Å²) in [5.74, 6) is 3.22. The van der Waals surface area contributed by atoms with Gasteiger partial charge in [-0.2, -0.15) is 0 Å². The van der Waals surface area contributed by atoms with Gasteiger partial charge in [-0.15, -0.1) is 18.0 Å². The van der Waals surface area contributed by atoms with Gasteiger partial charge in [0.1, 0.15) is 8.07 Å². The molecule has 0 spiro atoms. The Morgan fingerprint density at radius 2 is 1.67 bits per heavy atom. The molecular weight excluding hydrogens is 160 g/mol. The monoisotopic (exact) mass is 180 g/mol. The lowest BCUT2D eigenvalue weighted by Gasteiger charge is -2.19. The van der Waals surface area contributed by atoms with Gasteiger partial charge in [-0.3, -0.25) is 0 Å². The molecule has 0 N–H and O–H groups in total. The van der Waals surface area contributed by atoms with Crippen molar-refractivity contribution in [3.63, 3.8) is 0 Å². The van der Waals surface area contributed by atoms with Crippen molar-refractivity contribution in [3.8, 4) is 11.5 Å². The Labute approximate surface area is 78.1 Å². The van der Waals surface area contributed by atoms with Crippen LogP contribution in [0, 0.1) is 11.5 Å². The third-order valence-corrected chi connectivity index (χ3v) is 7.40. The molecule has 0 saturated heterocycles. The van der Waals surface area contributed by atoms with E-state index in [1.54, 1.807) is 0 Å². The third-order valence-electron chi connectivity index (χ3n) is 2.63. The quantitative estimate of drug-likeness (QED) is 0.352. The lowest BCUT2D eigenvalue weighted by Crippen LogP contribution is -2.29. The Morgan fingerprint density at radius 1 is 1.17 bits per heavy atom. The fraction of sp³-hybridized carbons (Fsp3) is 0.636. The van der Waals surface area contributed by atoms with Crippen molar-refractivity contribution in [1.82, 2.24) is 0 Å². The third kappa shape index (κ3) is 3.28. The smallest absolute Gasteiger partial charge is 0.131 e. The Hall–Kier alpha value is -0.483. The highest BCUT2D eigenvalue weighted by molar-refractivity contribution is 6.87. The van der Waals surface area contributed by atoms with Gasteiger partial charge < -0.3 is 0 Å². The van der Waals surface area contributed by atoms with Gasteiger partial charge in [0, 0.05) is 6.42 Å². The molecule has 0 aliphatic carbocycles. The summed E-state index contributed by atoms with van der Waals surface area (Å²) in [4.78, 5) is 0. The summed E-state index contributed by atoms with van der Waals surface area (Å²) < 4.78 is 0. The average Bonchev–Trinajstić information content (AvgIpc) is 2.14. The van der Waals surface area contributed by atoms with Crippen molar-refractivity contribution in [2.24, 2.45) is 0 Å². The Kier molecular flexibility index (Phi) is 5.83. The first-order chi connectivity index (χ1) is 5.74. The molecular formula is C11H20Si. The summed E-state index contributed by atoms with van der Waals surface area (Å²) >= 11 is 0. The molecule has 0 nitrogen and oxygen atoms in total. The highest BCUT2D eigenvalue weighted by Crippen LogP contribution is 2.18. The van der Waals surface area contributed by atoms with Crippen LogP contribution in [0.1, 0.15) is 27.2 Å². The summed E-state index contributed by atoms with van der Waals surface area (Å²) in [5.41, 5.74) is 3.50. The molecule has 0 amide bonds. The first-order valence-electron chi connectivity index (χ1n) is 4.85. The summed E-state index contributed by atoms with van der Waals surface area (Å²) in [6.45, 7) is 10.5. The number of rotatable bonds is 4. The molecule has 0 aromatic rings. The summed E-state index contributed by atoms with van der Waals surface area (Å²) in [5, 5.41) is 0. The largest absolute Gasteiger partial charge is 0.137 e. The molecule has 0 unspecified atom stereocenters. The van der Waals surface area contributed by atoms with Gasteiger partial charge in [-0.25, -0.2) is 0 Å². The fourth-order valence-electron chi connectivity index (χ4n) is 1.33. The van der Waals surface area contributed by atoms with E-state index in [0.29, 0.717) is 0 Å². The summed E-state index contributed by atoms with van der Waals surface area (Å²) in [7, 11) is -1.16. The predicted molar refractivity (Wildman–Crippen MR) is 59.8 cm³/mol. The average molecular weight is 180 g/mol. The highest BCUT2D eigenvalue weighted by Gasteiger charge is 2.23. The minimum absolute atomic E-state index is 0.856. The van der Waals surface area contributed by atoms with Gasteiger partial charge >= 0.3 is 0 Å². The maximum atomic E-state index is 3.67. The SMILES string of the molecule is C=CCC#C[Si](CC)(CC)CC. The topological polar surface area (TPSA) is 0 Å². The van der Waals surface area contributed by atoms with Gasteiger partial charge in [-0.05, 0) is 18.1 Å². The van der Waals surface area contributed by atoms with Crippen LogP contribution in [0.15, 0.2) is 12.7 Å². The standard InChI is InChI=1S/C11H20Si/c1-5-9-10-11-12(6-2,7-3)8-4/h5H,1,6-9H2,2-4H3. The van der Waals surface area contributed by atoms with Crippen LogP contribution in [-0.4, -0.2) is 8.07 Å². The van der Waals surface area contributed by atoms with Gasteiger partial charge in [0.2, 0.25) is 0 Å². The van der Waals surface area contributed by atoms with Crippen LogP contribution in [0.2, 0.25) is 18.1 Å². The molecule has 0 aliphatic heterocycles. The second kappa shape index (κ2) is 6.08. The van der Waals surface area contributed by atoms with Gasteiger partial charge in [0.15, 0.2) is 0 Å². The van der Waals surface area contributed by atoms with Crippen LogP contribution in [0.25, 0.3) is 0 Å². The van der Waals surface area contributed by atoms with Crippen molar-refractivity contribution < 1.29 is 0 Å². The van der Waals surface area contributed by atoms with E-state index in [0.717, 1.165) is 6.42 Å². The Morgan fingerprint density at radius 3 is 2.00 bits per heavy atom. The van der Waals surface area contributed by atoms with Gasteiger partial charge in [0.05, 0.1) is 0 Å². The maximum absolute atomic E-state index is 3.67. The van der Waals surface area contributed by atoms with Gasteiger partial charge in [-0.1, -0.05) is 26.8 Å². The van der Waals surface area contributed by atoms with E-state index >= 15 is 0 Å². The van der Waals surface area contributed by atoms with E-state index in [1.807, 2.05) is 6.08 Å². The van der Waals surface area contributed by atoms with Crippen molar-refractivity contribution in [3.05, 3.63) is 12.7 Å². The fourth-order valence-corrected chi connectivity index (χ4v) is 3.83. The van der Waals surface area contributed by atoms with E-state index < -0.39 is 8.07 Å². The molecule has 0 rings (SSSR count). The van der Waals surface area contributed by atoms with Crippen LogP contribution >= 0.6 is 0 Å². The molecule has 0 aromatic carbocycles. The highest BCUT2D eigenvalue weighted by atomic mass is 28.3. The molecule has 0 fully saturated rings. The Bertz CT molecular complexity index is 171. The number of allylic oxidation sites excluding steroid dienone is 1. The molecule has 0 aromatic heterocycles. The van der Waals surface area contributed by atoms with Crippen LogP contribution in [0.3, 0.4) is 0 Å². The van der Waals surface area contributed by atoms with Crippen molar-refractivity contribution in [2.75, 3.05) is 0 Å². The second-order valence-corrected chi connectivity index (χ2v) is 8.07. The maximum Gasteiger partial charge on any atom is 0.137 e. The first kappa shape index (κ1) is 11.5. The second-order valence-electron chi connectivity index (χ2n) is 3.14. The van der Waals surface area contributed by atoms with E-state index in [-0.39, 0.29) is 0 Å². The van der Waals surface area contributed by atoms with Crippen LogP contribution in [0.5, 0.6) is 0 Å². The minimum atomic E-state index is -1.16. The van der Waals surface area contributed by atoms with E-state index in [2.05, 4.69) is 38.8 Å². The zero-order chi connectivity index (χ0) is 9.45. The molecule has 0 saturated carbocycles. The van der Waals surface area contributed by atoms with Crippen LogP contribution < -0.4 is 0 Å². The van der Waals surface area contributed by atoms with Crippen LogP contribution in [-0.2, 0) is 0 Å². The van der Waals surface area contributed by atoms with Crippen molar-refractivity contribution >= 4 is 8.07 Å².